The van der Waals surface area contributed by atoms with E-state index in [4.69, 9.17) is 16.7 Å². The van der Waals surface area contributed by atoms with Crippen LogP contribution in [0.4, 0.5) is 9.18 Å². The van der Waals surface area contributed by atoms with Gasteiger partial charge in [0.1, 0.15) is 5.82 Å². The first-order valence-electron chi connectivity index (χ1n) is 9.38. The molecule has 2 fully saturated rings. The van der Waals surface area contributed by atoms with Crippen LogP contribution < -0.4 is 5.32 Å². The fraction of sp³-hybridized carbons (Fsp3) is 0.579. The highest BCUT2D eigenvalue weighted by molar-refractivity contribution is 6.30. The van der Waals surface area contributed by atoms with Gasteiger partial charge in [-0.2, -0.15) is 0 Å². The van der Waals surface area contributed by atoms with E-state index in [-0.39, 0.29) is 29.1 Å². The second-order valence-electron chi connectivity index (χ2n) is 7.19. The summed E-state index contributed by atoms with van der Waals surface area (Å²) in [6, 6.07) is 4.38. The van der Waals surface area contributed by atoms with Gasteiger partial charge in [-0.05, 0) is 43.5 Å². The Morgan fingerprint density at radius 3 is 2.56 bits per heavy atom. The monoisotopic (exact) mass is 397 g/mol. The molecule has 2 aliphatic rings. The van der Waals surface area contributed by atoms with E-state index in [0.29, 0.717) is 25.9 Å². The van der Waals surface area contributed by atoms with Crippen LogP contribution >= 0.6 is 11.6 Å². The number of carbonyl (C=O) groups excluding carboxylic acids is 1. The summed E-state index contributed by atoms with van der Waals surface area (Å²) in [4.78, 5) is 27.6. The van der Waals surface area contributed by atoms with Crippen LogP contribution in [0, 0.1) is 11.7 Å². The minimum Gasteiger partial charge on any atom is -0.481 e. The van der Waals surface area contributed by atoms with Crippen molar-refractivity contribution in [1.82, 2.24) is 15.1 Å². The van der Waals surface area contributed by atoms with Crippen LogP contribution in [-0.2, 0) is 4.79 Å². The summed E-state index contributed by atoms with van der Waals surface area (Å²) in [5.74, 6) is -1.63. The third kappa shape index (κ3) is 4.35. The van der Waals surface area contributed by atoms with Gasteiger partial charge in [0, 0.05) is 19.6 Å². The number of halogens is 2. The molecule has 27 heavy (non-hydrogen) atoms. The Hall–Kier alpha value is -1.86. The van der Waals surface area contributed by atoms with Crippen molar-refractivity contribution in [3.63, 3.8) is 0 Å². The lowest BCUT2D eigenvalue weighted by atomic mass is 9.97. The van der Waals surface area contributed by atoms with E-state index in [2.05, 4.69) is 10.2 Å². The maximum absolute atomic E-state index is 14.0. The topological polar surface area (TPSA) is 72.9 Å². The maximum atomic E-state index is 14.0. The summed E-state index contributed by atoms with van der Waals surface area (Å²) < 4.78 is 14.0. The van der Waals surface area contributed by atoms with Crippen molar-refractivity contribution in [1.29, 1.82) is 0 Å². The predicted octanol–water partition coefficient (Wildman–Crippen LogP) is 3.12. The number of aliphatic carboxylic acids is 1. The molecule has 2 amide bonds. The lowest BCUT2D eigenvalue weighted by molar-refractivity contribution is -0.143. The van der Waals surface area contributed by atoms with E-state index in [0.717, 1.165) is 25.1 Å². The number of carbonyl (C=O) groups is 2. The summed E-state index contributed by atoms with van der Waals surface area (Å²) in [5, 5.41) is 12.3. The second-order valence-corrected chi connectivity index (χ2v) is 7.60. The molecule has 0 spiro atoms. The van der Waals surface area contributed by atoms with Crippen molar-refractivity contribution >= 4 is 23.6 Å². The normalized spacial score (nSPS) is 24.2. The number of amides is 2. The van der Waals surface area contributed by atoms with Gasteiger partial charge < -0.3 is 15.3 Å². The number of urea groups is 1. The Morgan fingerprint density at radius 1 is 1.26 bits per heavy atom. The van der Waals surface area contributed by atoms with Gasteiger partial charge in [-0.1, -0.05) is 24.6 Å². The summed E-state index contributed by atoms with van der Waals surface area (Å²) >= 11 is 5.81. The Kier molecular flexibility index (Phi) is 6.22. The fourth-order valence-electron chi connectivity index (χ4n) is 4.08. The van der Waals surface area contributed by atoms with Crippen molar-refractivity contribution in [3.8, 4) is 0 Å². The molecule has 6 nitrogen and oxygen atoms in total. The number of carboxylic acid groups (broad SMARTS) is 1. The average Bonchev–Trinajstić information content (AvgIpc) is 3.06. The number of nitrogens with one attached hydrogen (secondary N) is 1. The molecule has 2 unspecified atom stereocenters. The summed E-state index contributed by atoms with van der Waals surface area (Å²) in [6.45, 7) is 4.53. The van der Waals surface area contributed by atoms with Crippen LogP contribution in [0.5, 0.6) is 0 Å². The van der Waals surface area contributed by atoms with Crippen LogP contribution in [0.3, 0.4) is 0 Å². The van der Waals surface area contributed by atoms with Crippen molar-refractivity contribution < 1.29 is 19.1 Å². The van der Waals surface area contributed by atoms with E-state index < -0.39 is 11.8 Å². The van der Waals surface area contributed by atoms with E-state index in [1.54, 1.807) is 11.0 Å². The summed E-state index contributed by atoms with van der Waals surface area (Å²) in [5.41, 5.74) is 0.797. The lowest BCUT2D eigenvalue weighted by Gasteiger charge is -2.33. The molecule has 2 heterocycles. The Bertz CT molecular complexity index is 709. The van der Waals surface area contributed by atoms with Crippen LogP contribution in [0.2, 0.25) is 5.02 Å². The molecule has 0 radical (unpaired) electrons. The minimum atomic E-state index is -0.797. The van der Waals surface area contributed by atoms with Gasteiger partial charge in [0.25, 0.3) is 0 Å². The molecular weight excluding hydrogens is 373 g/mol. The molecule has 8 heteroatoms. The molecule has 2 saturated heterocycles. The number of likely N-dealkylation sites (tertiary alicyclic amines) is 2. The van der Waals surface area contributed by atoms with Gasteiger partial charge in [0.15, 0.2) is 0 Å². The standard InChI is InChI=1S/C19H25ClFN3O3/c1-2-23-10-7-16(17(23)13-3-4-14(20)15(21)11-13)22-19(27)24-8-5-12(6-9-24)18(25)26/h3-4,11-12,16-17H,2,5-10H2,1H3,(H,22,27)(H,25,26). The molecule has 2 aliphatic heterocycles. The van der Waals surface area contributed by atoms with Crippen LogP contribution in [0.25, 0.3) is 0 Å². The number of rotatable bonds is 4. The second kappa shape index (κ2) is 8.44. The lowest BCUT2D eigenvalue weighted by Crippen LogP contribution is -2.49. The smallest absolute Gasteiger partial charge is 0.317 e. The third-order valence-electron chi connectivity index (χ3n) is 5.63. The molecular formula is C19H25ClFN3O3. The van der Waals surface area contributed by atoms with E-state index in [1.807, 2.05) is 13.0 Å². The highest BCUT2D eigenvalue weighted by Gasteiger charge is 2.37. The van der Waals surface area contributed by atoms with Gasteiger partial charge in [0.05, 0.1) is 23.0 Å². The Morgan fingerprint density at radius 2 is 1.96 bits per heavy atom. The van der Waals surface area contributed by atoms with Gasteiger partial charge in [0.2, 0.25) is 0 Å². The van der Waals surface area contributed by atoms with Crippen LogP contribution in [0.15, 0.2) is 18.2 Å². The number of hydrogen-bond acceptors (Lipinski definition) is 3. The van der Waals surface area contributed by atoms with Gasteiger partial charge in [-0.3, -0.25) is 9.69 Å². The zero-order valence-corrected chi connectivity index (χ0v) is 16.1. The molecule has 1 aromatic rings. The Balaban J connectivity index is 1.68. The van der Waals surface area contributed by atoms with Crippen molar-refractivity contribution in [2.75, 3.05) is 26.2 Å². The first-order chi connectivity index (χ1) is 12.9. The molecule has 0 aliphatic carbocycles. The number of carboxylic acids is 1. The zero-order valence-electron chi connectivity index (χ0n) is 15.3. The maximum Gasteiger partial charge on any atom is 0.317 e. The highest BCUT2D eigenvalue weighted by Crippen LogP contribution is 2.33. The fourth-order valence-corrected chi connectivity index (χ4v) is 4.20. The number of likely N-dealkylation sites (N-methyl/N-ethyl adjacent to an activating group) is 1. The van der Waals surface area contributed by atoms with Crippen LogP contribution in [-0.4, -0.2) is 59.1 Å². The SMILES string of the molecule is CCN1CCC(NC(=O)N2CCC(C(=O)O)CC2)C1c1ccc(Cl)c(F)c1. The predicted molar refractivity (Wildman–Crippen MR) is 100 cm³/mol. The molecule has 0 aromatic heterocycles. The largest absolute Gasteiger partial charge is 0.481 e. The molecule has 148 valence electrons. The molecule has 2 atom stereocenters. The minimum absolute atomic E-state index is 0.0849. The molecule has 0 saturated carbocycles. The van der Waals surface area contributed by atoms with E-state index in [1.165, 1.54) is 6.07 Å². The molecule has 3 rings (SSSR count). The first kappa shape index (κ1) is 19.9. The molecule has 1 aromatic carbocycles. The van der Waals surface area contributed by atoms with Gasteiger partial charge >= 0.3 is 12.0 Å². The van der Waals surface area contributed by atoms with Crippen molar-refractivity contribution in [3.05, 3.63) is 34.6 Å². The van der Waals surface area contributed by atoms with E-state index >= 15 is 0 Å². The molecule has 0 bridgehead atoms. The number of piperidine rings is 1. The Labute approximate surface area is 163 Å². The van der Waals surface area contributed by atoms with Gasteiger partial charge in [-0.15, -0.1) is 0 Å². The summed E-state index contributed by atoms with van der Waals surface area (Å²) in [6.07, 6.45) is 1.72. The summed E-state index contributed by atoms with van der Waals surface area (Å²) in [7, 11) is 0. The number of hydrogen-bond donors (Lipinski definition) is 2. The quantitative estimate of drug-likeness (QED) is 0.818. The van der Waals surface area contributed by atoms with Gasteiger partial charge in [-0.25, -0.2) is 9.18 Å². The van der Waals surface area contributed by atoms with E-state index in [9.17, 15) is 14.0 Å². The highest BCUT2D eigenvalue weighted by atomic mass is 35.5. The number of nitrogens with zero attached hydrogens (tertiary/aromatic N) is 2. The number of benzene rings is 1. The zero-order chi connectivity index (χ0) is 19.6. The molecule has 2 N–H and O–H groups in total. The average molecular weight is 398 g/mol. The van der Waals surface area contributed by atoms with Crippen molar-refractivity contribution in [2.45, 2.75) is 38.3 Å². The first-order valence-corrected chi connectivity index (χ1v) is 9.75. The van der Waals surface area contributed by atoms with Crippen LogP contribution in [0.1, 0.15) is 37.8 Å². The van der Waals surface area contributed by atoms with Crippen molar-refractivity contribution in [2.24, 2.45) is 5.92 Å². The third-order valence-corrected chi connectivity index (χ3v) is 5.94.